The number of primary amides is 1. The molecular weight excluding hydrogens is 447 g/mol. The Balaban J connectivity index is 1.53. The molecule has 2 aromatic carbocycles. The molecule has 3 N–H and O–H groups in total. The third kappa shape index (κ3) is 4.87. The van der Waals surface area contributed by atoms with Gasteiger partial charge in [-0.1, -0.05) is 18.2 Å². The maximum atomic E-state index is 13.7. The number of anilines is 1. The van der Waals surface area contributed by atoms with Crippen LogP contribution in [0.3, 0.4) is 0 Å². The van der Waals surface area contributed by atoms with Crippen LogP contribution in [0.25, 0.3) is 16.9 Å². The lowest BCUT2D eigenvalue weighted by atomic mass is 10.1. The minimum absolute atomic E-state index is 0.277. The predicted molar refractivity (Wildman–Crippen MR) is 132 cm³/mol. The Morgan fingerprint density at radius 1 is 1.17 bits per heavy atom. The van der Waals surface area contributed by atoms with E-state index >= 15 is 0 Å². The first-order chi connectivity index (χ1) is 17.0. The van der Waals surface area contributed by atoms with Crippen molar-refractivity contribution in [3.63, 3.8) is 0 Å². The largest absolute Gasteiger partial charge is 0.379 e. The highest BCUT2D eigenvalue weighted by molar-refractivity contribution is 6.06. The van der Waals surface area contributed by atoms with E-state index in [1.807, 2.05) is 35.9 Å². The summed E-state index contributed by atoms with van der Waals surface area (Å²) in [4.78, 5) is 23.8. The van der Waals surface area contributed by atoms with Crippen molar-refractivity contribution < 1.29 is 13.9 Å². The topological polar surface area (TPSA) is 98.3 Å². The zero-order chi connectivity index (χ0) is 24.4. The average molecular weight is 475 g/mol. The summed E-state index contributed by atoms with van der Waals surface area (Å²) < 4.78 is 21.1. The third-order valence-electron chi connectivity index (χ3n) is 6.19. The molecule has 4 aromatic rings. The number of benzene rings is 2. The number of ether oxygens (including phenoxy) is 1. The van der Waals surface area contributed by atoms with Gasteiger partial charge in [-0.05, 0) is 42.8 Å². The fraction of sp³-hybridized carbons (Fsp3) is 0.269. The van der Waals surface area contributed by atoms with Crippen molar-refractivity contribution in [1.29, 1.82) is 0 Å². The Hall–Kier alpha value is -3.82. The van der Waals surface area contributed by atoms with Crippen LogP contribution in [-0.4, -0.2) is 51.6 Å². The molecule has 2 aromatic heterocycles. The molecule has 0 unspecified atom stereocenters. The molecule has 1 saturated heterocycles. The number of amides is 1. The fourth-order valence-electron chi connectivity index (χ4n) is 4.45. The number of aryl methyl sites for hydroxylation is 1. The number of carbonyl (C=O) groups excluding carboxylic acids is 1. The maximum Gasteiger partial charge on any atom is 0.249 e. The van der Waals surface area contributed by atoms with E-state index in [-0.39, 0.29) is 5.82 Å². The molecule has 1 amide bonds. The van der Waals surface area contributed by atoms with Crippen molar-refractivity contribution >= 4 is 22.6 Å². The van der Waals surface area contributed by atoms with E-state index in [1.54, 1.807) is 18.2 Å². The van der Waals surface area contributed by atoms with Crippen LogP contribution in [0.1, 0.15) is 27.2 Å². The van der Waals surface area contributed by atoms with Crippen LogP contribution >= 0.6 is 0 Å². The van der Waals surface area contributed by atoms with Crippen molar-refractivity contribution in [2.75, 3.05) is 31.6 Å². The molecule has 0 bridgehead atoms. The highest BCUT2D eigenvalue weighted by Crippen LogP contribution is 2.27. The molecule has 0 spiro atoms. The molecule has 1 fully saturated rings. The van der Waals surface area contributed by atoms with Crippen LogP contribution in [0.15, 0.2) is 54.7 Å². The first-order valence-corrected chi connectivity index (χ1v) is 11.5. The second-order valence-electron chi connectivity index (χ2n) is 8.64. The first-order valence-electron chi connectivity index (χ1n) is 11.5. The predicted octanol–water partition coefficient (Wildman–Crippen LogP) is 3.41. The summed E-state index contributed by atoms with van der Waals surface area (Å²) >= 11 is 0. The quantitative estimate of drug-likeness (QED) is 0.426. The number of hydrogen-bond donors (Lipinski definition) is 2. The van der Waals surface area contributed by atoms with Gasteiger partial charge in [0.15, 0.2) is 0 Å². The van der Waals surface area contributed by atoms with Crippen molar-refractivity contribution in [2.24, 2.45) is 5.73 Å². The van der Waals surface area contributed by atoms with Crippen molar-refractivity contribution in [3.8, 4) is 5.95 Å². The number of halogens is 1. The van der Waals surface area contributed by atoms with E-state index in [0.29, 0.717) is 43.6 Å². The standard InChI is InChI=1S/C26H27FN6O2/c1-17-12-22-21(24(28)34)6-3-7-23(22)33(17)26-30-15-19(16-32-8-10-35-11-9-32)25(31-26)29-14-18-4-2-5-20(27)13-18/h2-7,12-13,15H,8-11,14,16H2,1H3,(H2,28,34)(H,29,30,31). The lowest BCUT2D eigenvalue weighted by Gasteiger charge is -2.27. The molecule has 3 heterocycles. The Bertz CT molecular complexity index is 1380. The highest BCUT2D eigenvalue weighted by Gasteiger charge is 2.18. The van der Waals surface area contributed by atoms with Crippen LogP contribution in [0.5, 0.6) is 0 Å². The number of aromatic nitrogens is 3. The van der Waals surface area contributed by atoms with Gasteiger partial charge in [-0.25, -0.2) is 9.37 Å². The summed E-state index contributed by atoms with van der Waals surface area (Å²) in [6, 6.07) is 13.8. The number of morpholine rings is 1. The van der Waals surface area contributed by atoms with E-state index in [0.717, 1.165) is 40.8 Å². The van der Waals surface area contributed by atoms with Crippen molar-refractivity contribution in [2.45, 2.75) is 20.0 Å². The van der Waals surface area contributed by atoms with E-state index in [1.165, 1.54) is 12.1 Å². The molecule has 1 aliphatic heterocycles. The summed E-state index contributed by atoms with van der Waals surface area (Å²) in [5.74, 6) is 0.400. The second-order valence-corrected chi connectivity index (χ2v) is 8.64. The number of fused-ring (bicyclic) bond motifs is 1. The van der Waals surface area contributed by atoms with Gasteiger partial charge in [-0.3, -0.25) is 14.3 Å². The second kappa shape index (κ2) is 9.81. The molecule has 180 valence electrons. The minimum atomic E-state index is -0.480. The summed E-state index contributed by atoms with van der Waals surface area (Å²) in [6.07, 6.45) is 1.83. The normalized spacial score (nSPS) is 14.3. The smallest absolute Gasteiger partial charge is 0.249 e. The van der Waals surface area contributed by atoms with Gasteiger partial charge in [0.05, 0.1) is 18.7 Å². The Kier molecular flexibility index (Phi) is 6.43. The van der Waals surface area contributed by atoms with E-state index in [9.17, 15) is 9.18 Å². The molecule has 0 atom stereocenters. The molecule has 0 radical (unpaired) electrons. The lowest BCUT2D eigenvalue weighted by molar-refractivity contribution is 0.0342. The van der Waals surface area contributed by atoms with Gasteiger partial charge in [0, 0.05) is 54.6 Å². The number of nitrogens with one attached hydrogen (secondary N) is 1. The molecule has 9 heteroatoms. The molecule has 0 saturated carbocycles. The molecule has 1 aliphatic rings. The average Bonchev–Trinajstić information content (AvgIpc) is 3.19. The molecule has 5 rings (SSSR count). The number of nitrogens with two attached hydrogens (primary N) is 1. The summed E-state index contributed by atoms with van der Waals surface area (Å²) in [5, 5.41) is 4.14. The Labute approximate surface area is 202 Å². The Morgan fingerprint density at radius 3 is 2.74 bits per heavy atom. The summed E-state index contributed by atoms with van der Waals surface area (Å²) in [5.41, 5.74) is 9.48. The monoisotopic (exact) mass is 474 g/mol. The van der Waals surface area contributed by atoms with Crippen molar-refractivity contribution in [1.82, 2.24) is 19.4 Å². The maximum absolute atomic E-state index is 13.7. The molecule has 0 aliphatic carbocycles. The molecule has 35 heavy (non-hydrogen) atoms. The molecule has 8 nitrogen and oxygen atoms in total. The van der Waals surface area contributed by atoms with E-state index in [4.69, 9.17) is 15.5 Å². The SMILES string of the molecule is Cc1cc2c(C(N)=O)cccc2n1-c1ncc(CN2CCOCC2)c(NCc2cccc(F)c2)n1. The summed E-state index contributed by atoms with van der Waals surface area (Å²) in [6.45, 7) is 6.09. The van der Waals surface area contributed by atoms with Gasteiger partial charge >= 0.3 is 0 Å². The molecular formula is C26H27FN6O2. The number of hydrogen-bond acceptors (Lipinski definition) is 6. The van der Waals surface area contributed by atoms with Crippen LogP contribution in [-0.2, 0) is 17.8 Å². The van der Waals surface area contributed by atoms with E-state index < -0.39 is 5.91 Å². The van der Waals surface area contributed by atoms with Gasteiger partial charge in [-0.15, -0.1) is 0 Å². The van der Waals surface area contributed by atoms with Gasteiger partial charge in [0.25, 0.3) is 0 Å². The van der Waals surface area contributed by atoms with Crippen LogP contribution in [0, 0.1) is 12.7 Å². The summed E-state index contributed by atoms with van der Waals surface area (Å²) in [7, 11) is 0. The van der Waals surface area contributed by atoms with Crippen LogP contribution in [0.4, 0.5) is 10.2 Å². The van der Waals surface area contributed by atoms with E-state index in [2.05, 4.69) is 15.2 Å². The number of nitrogens with zero attached hydrogens (tertiary/aromatic N) is 4. The minimum Gasteiger partial charge on any atom is -0.379 e. The lowest BCUT2D eigenvalue weighted by Crippen LogP contribution is -2.36. The van der Waals surface area contributed by atoms with Gasteiger partial charge in [-0.2, -0.15) is 4.98 Å². The zero-order valence-corrected chi connectivity index (χ0v) is 19.5. The van der Waals surface area contributed by atoms with Crippen LogP contribution in [0.2, 0.25) is 0 Å². The number of rotatable bonds is 7. The Morgan fingerprint density at radius 2 is 1.97 bits per heavy atom. The first kappa shape index (κ1) is 22.9. The number of carbonyl (C=O) groups is 1. The van der Waals surface area contributed by atoms with Crippen molar-refractivity contribution in [3.05, 3.63) is 82.9 Å². The fourth-order valence-corrected chi connectivity index (χ4v) is 4.45. The van der Waals surface area contributed by atoms with Gasteiger partial charge in [0.1, 0.15) is 11.6 Å². The van der Waals surface area contributed by atoms with Gasteiger partial charge in [0.2, 0.25) is 11.9 Å². The zero-order valence-electron chi connectivity index (χ0n) is 19.5. The third-order valence-corrected chi connectivity index (χ3v) is 6.19. The van der Waals surface area contributed by atoms with Gasteiger partial charge < -0.3 is 15.8 Å². The van der Waals surface area contributed by atoms with Crippen LogP contribution < -0.4 is 11.1 Å². The highest BCUT2D eigenvalue weighted by atomic mass is 19.1.